The molecule has 2 N–H and O–H groups in total. The highest BCUT2D eigenvalue weighted by atomic mass is 16.5. The van der Waals surface area contributed by atoms with E-state index in [1.54, 1.807) is 0 Å². The van der Waals surface area contributed by atoms with Gasteiger partial charge in [0.15, 0.2) is 0 Å². The minimum atomic E-state index is -1.08. The van der Waals surface area contributed by atoms with Crippen molar-refractivity contribution in [2.24, 2.45) is 0 Å². The van der Waals surface area contributed by atoms with Gasteiger partial charge in [-0.1, -0.05) is 52.4 Å². The molecule has 0 aliphatic heterocycles. The molecular weight excluding hydrogens is 272 g/mol. The summed E-state index contributed by atoms with van der Waals surface area (Å²) < 4.78 is 5.53. The van der Waals surface area contributed by atoms with Crippen LogP contribution in [0.1, 0.15) is 78.1 Å². The number of aliphatic carboxylic acids is 2. The van der Waals surface area contributed by atoms with Crippen molar-refractivity contribution >= 4 is 11.9 Å². The van der Waals surface area contributed by atoms with Crippen LogP contribution in [0.2, 0.25) is 0 Å². The monoisotopic (exact) mass is 304 g/mol. The topological polar surface area (TPSA) is 83.8 Å². The molecule has 0 aromatic heterocycles. The Labute approximate surface area is 128 Å². The molecule has 0 saturated heterocycles. The fourth-order valence-electron chi connectivity index (χ4n) is 1.58. The molecule has 0 amide bonds. The number of rotatable bonds is 13. The fraction of sp³-hybridized carbons (Fsp3) is 0.875. The highest BCUT2D eigenvalue weighted by Crippen LogP contribution is 2.01. The fourth-order valence-corrected chi connectivity index (χ4v) is 1.58. The van der Waals surface area contributed by atoms with Gasteiger partial charge in [-0.25, -0.2) is 0 Å². The molecule has 0 bridgehead atoms. The van der Waals surface area contributed by atoms with Gasteiger partial charge in [0.25, 0.3) is 0 Å². The third kappa shape index (κ3) is 27.9. The van der Waals surface area contributed by atoms with E-state index in [1.165, 1.54) is 51.4 Å². The predicted molar refractivity (Wildman–Crippen MR) is 83.6 cm³/mol. The summed E-state index contributed by atoms with van der Waals surface area (Å²) in [6.45, 7) is 6.44. The van der Waals surface area contributed by atoms with E-state index in [9.17, 15) is 9.59 Å². The van der Waals surface area contributed by atoms with E-state index in [0.29, 0.717) is 0 Å². The van der Waals surface area contributed by atoms with Crippen molar-refractivity contribution in [1.82, 2.24) is 0 Å². The first-order chi connectivity index (χ1) is 10.0. The number of carboxylic acid groups (broad SMARTS) is 2. The Balaban J connectivity index is 0. The Morgan fingerprint density at radius 2 is 1.10 bits per heavy atom. The molecule has 5 heteroatoms. The molecule has 0 unspecified atom stereocenters. The van der Waals surface area contributed by atoms with Crippen LogP contribution in [0.5, 0.6) is 0 Å². The molecule has 0 aromatic rings. The largest absolute Gasteiger partial charge is 0.481 e. The molecule has 0 atom stereocenters. The molecule has 0 aliphatic rings. The minimum Gasteiger partial charge on any atom is -0.481 e. The second-order valence-corrected chi connectivity index (χ2v) is 5.02. The zero-order valence-electron chi connectivity index (χ0n) is 13.6. The van der Waals surface area contributed by atoms with Gasteiger partial charge >= 0.3 is 11.9 Å². The molecule has 126 valence electrons. The van der Waals surface area contributed by atoms with E-state index in [-0.39, 0.29) is 12.8 Å². The standard InChI is InChI=1S/C12H26O.C4H6O4/c1-3-5-7-9-11-13-12-10-8-6-4-2;5-3(6)1-2-4(7)8/h3-12H2,1-2H3;1-2H2,(H,5,6)(H,7,8). The Kier molecular flexibility index (Phi) is 20.0. The molecule has 0 heterocycles. The van der Waals surface area contributed by atoms with Gasteiger partial charge < -0.3 is 14.9 Å². The lowest BCUT2D eigenvalue weighted by molar-refractivity contribution is -0.143. The summed E-state index contributed by atoms with van der Waals surface area (Å²) in [4.78, 5) is 19.3. The molecule has 21 heavy (non-hydrogen) atoms. The van der Waals surface area contributed by atoms with Gasteiger partial charge in [-0.3, -0.25) is 9.59 Å². The highest BCUT2D eigenvalue weighted by molar-refractivity contribution is 5.75. The van der Waals surface area contributed by atoms with Crippen molar-refractivity contribution in [2.75, 3.05) is 13.2 Å². The van der Waals surface area contributed by atoms with Crippen LogP contribution in [-0.2, 0) is 14.3 Å². The van der Waals surface area contributed by atoms with Gasteiger partial charge in [0.1, 0.15) is 0 Å². The summed E-state index contributed by atoms with van der Waals surface area (Å²) in [6.07, 6.45) is 9.94. The van der Waals surface area contributed by atoms with E-state index >= 15 is 0 Å². The Bertz CT molecular complexity index is 217. The Morgan fingerprint density at radius 3 is 1.38 bits per heavy atom. The third-order valence-corrected chi connectivity index (χ3v) is 2.84. The molecule has 0 aliphatic carbocycles. The quantitative estimate of drug-likeness (QED) is 0.500. The first kappa shape index (κ1) is 22.2. The third-order valence-electron chi connectivity index (χ3n) is 2.84. The van der Waals surface area contributed by atoms with Crippen molar-refractivity contribution in [2.45, 2.75) is 78.1 Å². The number of unbranched alkanes of at least 4 members (excludes halogenated alkanes) is 6. The smallest absolute Gasteiger partial charge is 0.303 e. The van der Waals surface area contributed by atoms with Crippen LogP contribution in [0, 0.1) is 0 Å². The van der Waals surface area contributed by atoms with Gasteiger partial charge in [-0.15, -0.1) is 0 Å². The number of ether oxygens (including phenoxy) is 1. The average molecular weight is 304 g/mol. The lowest BCUT2D eigenvalue weighted by atomic mass is 10.2. The maximum absolute atomic E-state index is 9.64. The first-order valence-electron chi connectivity index (χ1n) is 8.05. The molecule has 0 fully saturated rings. The molecule has 0 rings (SSSR count). The molecule has 0 radical (unpaired) electrons. The molecule has 0 spiro atoms. The van der Waals surface area contributed by atoms with Crippen LogP contribution >= 0.6 is 0 Å². The van der Waals surface area contributed by atoms with E-state index in [4.69, 9.17) is 14.9 Å². The van der Waals surface area contributed by atoms with Crippen LogP contribution in [0.4, 0.5) is 0 Å². The van der Waals surface area contributed by atoms with Gasteiger partial charge in [-0.2, -0.15) is 0 Å². The van der Waals surface area contributed by atoms with Crippen LogP contribution in [-0.4, -0.2) is 35.4 Å². The van der Waals surface area contributed by atoms with Gasteiger partial charge in [0, 0.05) is 13.2 Å². The zero-order chi connectivity index (χ0) is 16.3. The van der Waals surface area contributed by atoms with Crippen molar-refractivity contribution in [3.63, 3.8) is 0 Å². The second kappa shape index (κ2) is 18.9. The van der Waals surface area contributed by atoms with E-state index in [1.807, 2.05) is 0 Å². The Morgan fingerprint density at radius 1 is 0.714 bits per heavy atom. The summed E-state index contributed by atoms with van der Waals surface area (Å²) in [5, 5.41) is 15.8. The van der Waals surface area contributed by atoms with Crippen LogP contribution < -0.4 is 0 Å². The summed E-state index contributed by atoms with van der Waals surface area (Å²) in [7, 11) is 0. The summed E-state index contributed by atoms with van der Waals surface area (Å²) in [6, 6.07) is 0. The lowest BCUT2D eigenvalue weighted by Gasteiger charge is -2.03. The second-order valence-electron chi connectivity index (χ2n) is 5.02. The average Bonchev–Trinajstić information content (AvgIpc) is 2.44. The van der Waals surface area contributed by atoms with E-state index < -0.39 is 11.9 Å². The zero-order valence-corrected chi connectivity index (χ0v) is 13.6. The number of carbonyl (C=O) groups is 2. The number of hydrogen-bond acceptors (Lipinski definition) is 3. The van der Waals surface area contributed by atoms with Crippen LogP contribution in [0.3, 0.4) is 0 Å². The first-order valence-corrected chi connectivity index (χ1v) is 8.05. The van der Waals surface area contributed by atoms with Crippen molar-refractivity contribution in [3.8, 4) is 0 Å². The number of hydrogen-bond donors (Lipinski definition) is 2. The maximum atomic E-state index is 9.64. The lowest BCUT2D eigenvalue weighted by Crippen LogP contribution is -2.00. The minimum absolute atomic E-state index is 0.296. The van der Waals surface area contributed by atoms with Crippen molar-refractivity contribution in [3.05, 3.63) is 0 Å². The maximum Gasteiger partial charge on any atom is 0.303 e. The SMILES string of the molecule is CCCCCCOCCCCCC.O=C(O)CCC(=O)O. The van der Waals surface area contributed by atoms with Gasteiger partial charge in [0.2, 0.25) is 0 Å². The molecule has 0 saturated carbocycles. The summed E-state index contributed by atoms with van der Waals surface area (Å²) >= 11 is 0. The highest BCUT2D eigenvalue weighted by Gasteiger charge is 2.00. The predicted octanol–water partition coefficient (Wildman–Crippen LogP) is 4.10. The van der Waals surface area contributed by atoms with Crippen LogP contribution in [0.15, 0.2) is 0 Å². The summed E-state index contributed by atoms with van der Waals surface area (Å²) in [5.74, 6) is -2.15. The summed E-state index contributed by atoms with van der Waals surface area (Å²) in [5.41, 5.74) is 0. The normalized spacial score (nSPS) is 9.81. The molecular formula is C16H32O5. The van der Waals surface area contributed by atoms with E-state index in [2.05, 4.69) is 13.8 Å². The van der Waals surface area contributed by atoms with Gasteiger partial charge in [-0.05, 0) is 12.8 Å². The Hall–Kier alpha value is -1.10. The van der Waals surface area contributed by atoms with Crippen molar-refractivity contribution < 1.29 is 24.5 Å². The van der Waals surface area contributed by atoms with Crippen molar-refractivity contribution in [1.29, 1.82) is 0 Å². The van der Waals surface area contributed by atoms with Crippen LogP contribution in [0.25, 0.3) is 0 Å². The number of carboxylic acids is 2. The van der Waals surface area contributed by atoms with Gasteiger partial charge in [0.05, 0.1) is 12.8 Å². The molecule has 5 nitrogen and oxygen atoms in total. The van der Waals surface area contributed by atoms with E-state index in [0.717, 1.165) is 13.2 Å². The molecule has 0 aromatic carbocycles.